The molecule has 0 aliphatic heterocycles. The molecule has 0 saturated carbocycles. The van der Waals surface area contributed by atoms with Gasteiger partial charge in [0.15, 0.2) is 0 Å². The summed E-state index contributed by atoms with van der Waals surface area (Å²) in [5, 5.41) is 6.54. The van der Waals surface area contributed by atoms with Gasteiger partial charge in [-0.2, -0.15) is 9.29 Å². The molecule has 1 aromatic heterocycles. The summed E-state index contributed by atoms with van der Waals surface area (Å²) in [5.41, 5.74) is 1.85. The number of benzene rings is 2. The van der Waals surface area contributed by atoms with E-state index >= 15 is 0 Å². The summed E-state index contributed by atoms with van der Waals surface area (Å²) in [4.78, 5) is 17.6. The van der Waals surface area contributed by atoms with Crippen LogP contribution in [0.25, 0.3) is 11.4 Å². The second-order valence-electron chi connectivity index (χ2n) is 6.54. The Bertz CT molecular complexity index is 1130. The smallest absolute Gasteiger partial charge is 0.246 e. The molecule has 0 spiro atoms. The zero-order valence-corrected chi connectivity index (χ0v) is 18.5. The highest BCUT2D eigenvalue weighted by Gasteiger charge is 2.23. The standard InChI is InChI=1S/C20H22N4O4S2/c1-14-6-4-5-7-17(14)20-22-19(28-23-20)12-21-18(25)13-24(2)30(26,27)16-10-8-15(29-3)9-11-16/h4-11H,12-13H2,1-3H3,(H,21,25). The number of likely N-dealkylation sites (N-methyl/N-ethyl adjacent to an activating group) is 1. The van der Waals surface area contributed by atoms with Crippen molar-refractivity contribution in [1.29, 1.82) is 0 Å². The van der Waals surface area contributed by atoms with Gasteiger partial charge in [0.05, 0.1) is 18.0 Å². The molecule has 10 heteroatoms. The number of amides is 1. The minimum atomic E-state index is -3.77. The molecule has 8 nitrogen and oxygen atoms in total. The summed E-state index contributed by atoms with van der Waals surface area (Å²) >= 11 is 1.52. The summed E-state index contributed by atoms with van der Waals surface area (Å²) in [6.45, 7) is 1.62. The average molecular weight is 447 g/mol. The van der Waals surface area contributed by atoms with Gasteiger partial charge in [-0.3, -0.25) is 4.79 Å². The third kappa shape index (κ3) is 5.07. The fourth-order valence-corrected chi connectivity index (χ4v) is 4.24. The second-order valence-corrected chi connectivity index (χ2v) is 9.46. The van der Waals surface area contributed by atoms with Crippen LogP contribution >= 0.6 is 11.8 Å². The molecule has 1 heterocycles. The van der Waals surface area contributed by atoms with Crippen LogP contribution in [0, 0.1) is 6.92 Å². The Kier molecular flexibility index (Phi) is 6.91. The van der Waals surface area contributed by atoms with Crippen LogP contribution in [0.5, 0.6) is 0 Å². The number of nitrogens with zero attached hydrogens (tertiary/aromatic N) is 3. The van der Waals surface area contributed by atoms with Gasteiger partial charge < -0.3 is 9.84 Å². The Morgan fingerprint density at radius 3 is 2.53 bits per heavy atom. The molecule has 0 aliphatic rings. The van der Waals surface area contributed by atoms with Crippen molar-refractivity contribution in [2.75, 3.05) is 19.8 Å². The highest BCUT2D eigenvalue weighted by Crippen LogP contribution is 2.21. The quantitative estimate of drug-likeness (QED) is 0.530. The molecule has 3 aromatic rings. The predicted octanol–water partition coefficient (Wildman–Crippen LogP) is 2.70. The zero-order chi connectivity index (χ0) is 21.7. The molecule has 0 radical (unpaired) electrons. The second kappa shape index (κ2) is 9.41. The number of thioether (sulfide) groups is 1. The molecule has 158 valence electrons. The van der Waals surface area contributed by atoms with Crippen molar-refractivity contribution in [3.05, 3.63) is 60.0 Å². The van der Waals surface area contributed by atoms with Crippen LogP contribution in [0.1, 0.15) is 11.5 Å². The first-order chi connectivity index (χ1) is 14.3. The van der Waals surface area contributed by atoms with Crippen molar-refractivity contribution in [1.82, 2.24) is 19.8 Å². The van der Waals surface area contributed by atoms with E-state index in [1.165, 1.54) is 30.9 Å². The molecule has 2 aromatic carbocycles. The van der Waals surface area contributed by atoms with E-state index in [-0.39, 0.29) is 23.9 Å². The number of nitrogens with one attached hydrogen (secondary N) is 1. The Balaban J connectivity index is 1.58. The van der Waals surface area contributed by atoms with Crippen LogP contribution in [0.4, 0.5) is 0 Å². The Morgan fingerprint density at radius 2 is 1.87 bits per heavy atom. The molecule has 0 atom stereocenters. The van der Waals surface area contributed by atoms with E-state index in [0.717, 1.165) is 20.3 Å². The van der Waals surface area contributed by atoms with Crippen molar-refractivity contribution in [2.24, 2.45) is 0 Å². The van der Waals surface area contributed by atoms with E-state index in [0.29, 0.717) is 5.82 Å². The lowest BCUT2D eigenvalue weighted by atomic mass is 10.1. The lowest BCUT2D eigenvalue weighted by Gasteiger charge is -2.16. The maximum atomic E-state index is 12.6. The predicted molar refractivity (Wildman–Crippen MR) is 114 cm³/mol. The first-order valence-electron chi connectivity index (χ1n) is 9.07. The van der Waals surface area contributed by atoms with E-state index in [1.807, 2.05) is 37.4 Å². The number of carbonyl (C=O) groups is 1. The number of sulfonamides is 1. The van der Waals surface area contributed by atoms with Gasteiger partial charge in [-0.05, 0) is 43.0 Å². The summed E-state index contributed by atoms with van der Waals surface area (Å²) < 4.78 is 31.4. The molecule has 0 unspecified atom stereocenters. The number of aryl methyl sites for hydroxylation is 1. The van der Waals surface area contributed by atoms with Gasteiger partial charge >= 0.3 is 0 Å². The number of carbonyl (C=O) groups excluding carboxylic acids is 1. The SMILES string of the molecule is CSc1ccc(S(=O)(=O)N(C)CC(=O)NCc2nc(-c3ccccc3C)no2)cc1. The van der Waals surface area contributed by atoms with Gasteiger partial charge in [-0.1, -0.05) is 29.4 Å². The minimum absolute atomic E-state index is 0.00796. The lowest BCUT2D eigenvalue weighted by molar-refractivity contribution is -0.121. The lowest BCUT2D eigenvalue weighted by Crippen LogP contribution is -2.38. The van der Waals surface area contributed by atoms with Crippen LogP contribution in [-0.4, -0.2) is 48.6 Å². The maximum Gasteiger partial charge on any atom is 0.246 e. The molecule has 0 saturated heterocycles. The summed E-state index contributed by atoms with van der Waals surface area (Å²) in [6, 6.07) is 14.1. The highest BCUT2D eigenvalue weighted by molar-refractivity contribution is 7.98. The van der Waals surface area contributed by atoms with Gasteiger partial charge in [0.25, 0.3) is 0 Å². The molecular weight excluding hydrogens is 424 g/mol. The zero-order valence-electron chi connectivity index (χ0n) is 16.8. The van der Waals surface area contributed by atoms with Crippen LogP contribution in [0.3, 0.4) is 0 Å². The number of hydrogen-bond acceptors (Lipinski definition) is 7. The molecule has 30 heavy (non-hydrogen) atoms. The van der Waals surface area contributed by atoms with Crippen molar-refractivity contribution >= 4 is 27.7 Å². The Morgan fingerprint density at radius 1 is 1.17 bits per heavy atom. The van der Waals surface area contributed by atoms with E-state index < -0.39 is 15.9 Å². The minimum Gasteiger partial charge on any atom is -0.346 e. The largest absolute Gasteiger partial charge is 0.346 e. The molecule has 0 aliphatic carbocycles. The molecule has 0 fully saturated rings. The van der Waals surface area contributed by atoms with Gasteiger partial charge in [0, 0.05) is 17.5 Å². The summed E-state index contributed by atoms with van der Waals surface area (Å²) in [7, 11) is -2.41. The monoisotopic (exact) mass is 446 g/mol. The third-order valence-corrected chi connectivity index (χ3v) is 6.99. The van der Waals surface area contributed by atoms with Crippen molar-refractivity contribution < 1.29 is 17.7 Å². The van der Waals surface area contributed by atoms with Gasteiger partial charge in [-0.15, -0.1) is 11.8 Å². The molecule has 1 N–H and O–H groups in total. The molecular formula is C20H22N4O4S2. The van der Waals surface area contributed by atoms with Crippen molar-refractivity contribution in [3.63, 3.8) is 0 Å². The third-order valence-electron chi connectivity index (χ3n) is 4.42. The molecule has 3 rings (SSSR count). The first kappa shape index (κ1) is 22.0. The van der Waals surface area contributed by atoms with Gasteiger partial charge in [-0.25, -0.2) is 8.42 Å². The van der Waals surface area contributed by atoms with Crippen LogP contribution in [-0.2, 0) is 21.4 Å². The van der Waals surface area contributed by atoms with Crippen molar-refractivity contribution in [2.45, 2.75) is 23.3 Å². The molecule has 1 amide bonds. The van der Waals surface area contributed by atoms with E-state index in [1.54, 1.807) is 12.1 Å². The average Bonchev–Trinajstić information content (AvgIpc) is 3.21. The Hall–Kier alpha value is -2.69. The number of aromatic nitrogens is 2. The highest BCUT2D eigenvalue weighted by atomic mass is 32.2. The topological polar surface area (TPSA) is 105 Å². The molecule has 0 bridgehead atoms. The number of rotatable bonds is 8. The van der Waals surface area contributed by atoms with Crippen LogP contribution in [0.2, 0.25) is 0 Å². The maximum absolute atomic E-state index is 12.6. The van der Waals surface area contributed by atoms with Crippen molar-refractivity contribution in [3.8, 4) is 11.4 Å². The van der Waals surface area contributed by atoms with E-state index in [4.69, 9.17) is 4.52 Å². The summed E-state index contributed by atoms with van der Waals surface area (Å²) in [6.07, 6.45) is 1.91. The number of hydrogen-bond donors (Lipinski definition) is 1. The Labute approximate surface area is 179 Å². The normalized spacial score (nSPS) is 11.6. The fourth-order valence-electron chi connectivity index (χ4n) is 2.70. The van der Waals surface area contributed by atoms with E-state index in [9.17, 15) is 13.2 Å². The first-order valence-corrected chi connectivity index (χ1v) is 11.7. The van der Waals surface area contributed by atoms with Crippen LogP contribution in [0.15, 0.2) is 62.8 Å². The van der Waals surface area contributed by atoms with E-state index in [2.05, 4.69) is 15.5 Å². The van der Waals surface area contributed by atoms with Crippen LogP contribution < -0.4 is 5.32 Å². The van der Waals surface area contributed by atoms with Gasteiger partial charge in [0.1, 0.15) is 0 Å². The fraction of sp³-hybridized carbons (Fsp3) is 0.250. The van der Waals surface area contributed by atoms with Gasteiger partial charge in [0.2, 0.25) is 27.6 Å². The summed E-state index contributed by atoms with van der Waals surface area (Å²) in [5.74, 6) is 0.197.